The van der Waals surface area contributed by atoms with Gasteiger partial charge < -0.3 is 4.74 Å². The SMILES string of the molecule is COC(=O)[C@H](C)C(C(C)=O)C(C)=O. The van der Waals surface area contributed by atoms with E-state index < -0.39 is 17.8 Å². The van der Waals surface area contributed by atoms with Crippen LogP contribution in [0.5, 0.6) is 0 Å². The molecule has 0 aliphatic heterocycles. The van der Waals surface area contributed by atoms with Crippen LogP contribution in [0.3, 0.4) is 0 Å². The maximum absolute atomic E-state index is 11.0. The Hall–Kier alpha value is -1.19. The molecule has 0 aromatic rings. The third-order valence-electron chi connectivity index (χ3n) is 1.95. The first-order valence-electron chi connectivity index (χ1n) is 4.00. The molecule has 4 heteroatoms. The van der Waals surface area contributed by atoms with Gasteiger partial charge in [-0.15, -0.1) is 0 Å². The molecule has 0 radical (unpaired) electrons. The highest BCUT2D eigenvalue weighted by molar-refractivity contribution is 6.03. The van der Waals surface area contributed by atoms with Gasteiger partial charge in [0.25, 0.3) is 0 Å². The molecule has 0 aromatic carbocycles. The molecule has 0 saturated heterocycles. The molecule has 0 unspecified atom stereocenters. The number of hydrogen-bond donors (Lipinski definition) is 0. The maximum Gasteiger partial charge on any atom is 0.309 e. The Kier molecular flexibility index (Phi) is 4.31. The third-order valence-corrected chi connectivity index (χ3v) is 1.95. The normalized spacial score (nSPS) is 12.4. The zero-order valence-corrected chi connectivity index (χ0v) is 8.29. The fourth-order valence-corrected chi connectivity index (χ4v) is 1.31. The molecule has 0 bridgehead atoms. The van der Waals surface area contributed by atoms with E-state index in [1.165, 1.54) is 27.9 Å². The number of hydrogen-bond acceptors (Lipinski definition) is 4. The van der Waals surface area contributed by atoms with Gasteiger partial charge in [-0.2, -0.15) is 0 Å². The molecule has 0 aliphatic rings. The van der Waals surface area contributed by atoms with Gasteiger partial charge in [0.05, 0.1) is 18.9 Å². The molecule has 0 fully saturated rings. The quantitative estimate of drug-likeness (QED) is 0.476. The monoisotopic (exact) mass is 186 g/mol. The molecule has 4 nitrogen and oxygen atoms in total. The standard InChI is InChI=1S/C9H14O4/c1-5(9(12)13-4)8(6(2)10)7(3)11/h5,8H,1-4H3/t5-/m1/s1. The number of carbonyl (C=O) groups excluding carboxylic acids is 3. The topological polar surface area (TPSA) is 60.4 Å². The summed E-state index contributed by atoms with van der Waals surface area (Å²) in [5, 5.41) is 0. The average Bonchev–Trinajstić information content (AvgIpc) is 2.01. The zero-order chi connectivity index (χ0) is 10.6. The summed E-state index contributed by atoms with van der Waals surface area (Å²) in [6.45, 7) is 4.11. The number of esters is 1. The maximum atomic E-state index is 11.0. The predicted octanol–water partition coefficient (Wildman–Crippen LogP) is 0.590. The molecular formula is C9H14O4. The first-order chi connectivity index (χ1) is 5.91. The minimum atomic E-state index is -0.868. The van der Waals surface area contributed by atoms with E-state index in [-0.39, 0.29) is 11.6 Å². The second-order valence-corrected chi connectivity index (χ2v) is 3.01. The van der Waals surface area contributed by atoms with Gasteiger partial charge in [0, 0.05) is 0 Å². The highest BCUT2D eigenvalue weighted by Gasteiger charge is 2.31. The fourth-order valence-electron chi connectivity index (χ4n) is 1.31. The van der Waals surface area contributed by atoms with Crippen molar-refractivity contribution in [2.75, 3.05) is 7.11 Å². The van der Waals surface area contributed by atoms with Gasteiger partial charge in [-0.1, -0.05) is 6.92 Å². The van der Waals surface area contributed by atoms with Crippen molar-refractivity contribution in [1.29, 1.82) is 0 Å². The summed E-state index contributed by atoms with van der Waals surface area (Å²) in [5.74, 6) is -2.70. The molecule has 0 aromatic heterocycles. The lowest BCUT2D eigenvalue weighted by atomic mass is 9.87. The molecule has 0 aliphatic carbocycles. The Morgan fingerprint density at radius 3 is 1.69 bits per heavy atom. The smallest absolute Gasteiger partial charge is 0.309 e. The predicted molar refractivity (Wildman–Crippen MR) is 46.0 cm³/mol. The Balaban J connectivity index is 4.65. The summed E-state index contributed by atoms with van der Waals surface area (Å²) in [6.07, 6.45) is 0. The Bertz CT molecular complexity index is 218. The van der Waals surface area contributed by atoms with E-state index in [9.17, 15) is 14.4 Å². The first kappa shape index (κ1) is 11.8. The molecule has 0 heterocycles. The van der Waals surface area contributed by atoms with Gasteiger partial charge >= 0.3 is 5.97 Å². The van der Waals surface area contributed by atoms with Crippen molar-refractivity contribution in [1.82, 2.24) is 0 Å². The van der Waals surface area contributed by atoms with Gasteiger partial charge in [-0.3, -0.25) is 14.4 Å². The van der Waals surface area contributed by atoms with Crippen LogP contribution in [-0.2, 0) is 19.1 Å². The minimum Gasteiger partial charge on any atom is -0.469 e. The molecule has 0 amide bonds. The second-order valence-electron chi connectivity index (χ2n) is 3.01. The van der Waals surface area contributed by atoms with Crippen LogP contribution in [0.15, 0.2) is 0 Å². The first-order valence-corrected chi connectivity index (χ1v) is 4.00. The van der Waals surface area contributed by atoms with Crippen molar-refractivity contribution in [3.8, 4) is 0 Å². The molecule has 1 atom stereocenters. The summed E-state index contributed by atoms with van der Waals surface area (Å²) in [5.41, 5.74) is 0. The lowest BCUT2D eigenvalue weighted by molar-refractivity contribution is -0.151. The fraction of sp³-hybridized carbons (Fsp3) is 0.667. The molecule has 74 valence electrons. The van der Waals surface area contributed by atoms with Crippen LogP contribution >= 0.6 is 0 Å². The second kappa shape index (κ2) is 4.74. The lowest BCUT2D eigenvalue weighted by Gasteiger charge is -2.15. The number of ketones is 2. The number of Topliss-reactive ketones (excluding diaryl/α,β-unsaturated/α-hetero) is 2. The Morgan fingerprint density at radius 2 is 1.46 bits per heavy atom. The van der Waals surface area contributed by atoms with E-state index in [4.69, 9.17) is 0 Å². The number of rotatable bonds is 4. The van der Waals surface area contributed by atoms with Crippen molar-refractivity contribution < 1.29 is 19.1 Å². The van der Waals surface area contributed by atoms with E-state index >= 15 is 0 Å². The average molecular weight is 186 g/mol. The van der Waals surface area contributed by atoms with Crippen LogP contribution in [0.1, 0.15) is 20.8 Å². The van der Waals surface area contributed by atoms with Crippen molar-refractivity contribution in [3.63, 3.8) is 0 Å². The van der Waals surface area contributed by atoms with E-state index in [0.29, 0.717) is 0 Å². The van der Waals surface area contributed by atoms with Gasteiger partial charge in [-0.25, -0.2) is 0 Å². The van der Waals surface area contributed by atoms with Gasteiger partial charge in [-0.05, 0) is 13.8 Å². The Morgan fingerprint density at radius 1 is 1.08 bits per heavy atom. The largest absolute Gasteiger partial charge is 0.469 e. The van der Waals surface area contributed by atoms with Crippen LogP contribution in [0.25, 0.3) is 0 Å². The van der Waals surface area contributed by atoms with E-state index in [0.717, 1.165) is 0 Å². The van der Waals surface area contributed by atoms with Gasteiger partial charge in [0.2, 0.25) is 0 Å². The summed E-state index contributed by atoms with van der Waals surface area (Å²) < 4.78 is 4.45. The minimum absolute atomic E-state index is 0.301. The van der Waals surface area contributed by atoms with Crippen LogP contribution < -0.4 is 0 Å². The third kappa shape index (κ3) is 2.97. The zero-order valence-electron chi connectivity index (χ0n) is 8.29. The van der Waals surface area contributed by atoms with E-state index in [2.05, 4.69) is 4.74 Å². The van der Waals surface area contributed by atoms with Crippen molar-refractivity contribution in [3.05, 3.63) is 0 Å². The highest BCUT2D eigenvalue weighted by atomic mass is 16.5. The molecule has 13 heavy (non-hydrogen) atoms. The van der Waals surface area contributed by atoms with Crippen molar-refractivity contribution >= 4 is 17.5 Å². The van der Waals surface area contributed by atoms with Crippen LogP contribution in [0, 0.1) is 11.8 Å². The van der Waals surface area contributed by atoms with Crippen LogP contribution in [-0.4, -0.2) is 24.6 Å². The molecule has 0 spiro atoms. The number of carbonyl (C=O) groups is 3. The molecule has 0 N–H and O–H groups in total. The molecule has 0 saturated carbocycles. The summed E-state index contributed by atoms with van der Waals surface area (Å²) in [6, 6.07) is 0. The number of methoxy groups -OCH3 is 1. The van der Waals surface area contributed by atoms with Gasteiger partial charge in [0.1, 0.15) is 11.6 Å². The van der Waals surface area contributed by atoms with Crippen LogP contribution in [0.2, 0.25) is 0 Å². The summed E-state index contributed by atoms with van der Waals surface area (Å²) in [7, 11) is 1.23. The molecular weight excluding hydrogens is 172 g/mol. The van der Waals surface area contributed by atoms with E-state index in [1.807, 2.05) is 0 Å². The summed E-state index contributed by atoms with van der Waals surface area (Å²) in [4.78, 5) is 33.1. The highest BCUT2D eigenvalue weighted by Crippen LogP contribution is 2.15. The summed E-state index contributed by atoms with van der Waals surface area (Å²) >= 11 is 0. The molecule has 0 rings (SSSR count). The lowest BCUT2D eigenvalue weighted by Crippen LogP contribution is -2.32. The van der Waals surface area contributed by atoms with Crippen LogP contribution in [0.4, 0.5) is 0 Å². The van der Waals surface area contributed by atoms with Crippen molar-refractivity contribution in [2.45, 2.75) is 20.8 Å². The Labute approximate surface area is 77.3 Å². The van der Waals surface area contributed by atoms with Gasteiger partial charge in [0.15, 0.2) is 0 Å². The van der Waals surface area contributed by atoms with Crippen molar-refractivity contribution in [2.24, 2.45) is 11.8 Å². The van der Waals surface area contributed by atoms with E-state index in [1.54, 1.807) is 0 Å². The number of ether oxygens (including phenoxy) is 1.